The van der Waals surface area contributed by atoms with Crippen LogP contribution in [0.4, 0.5) is 23.7 Å². The summed E-state index contributed by atoms with van der Waals surface area (Å²) >= 11 is 0. The predicted molar refractivity (Wildman–Crippen MR) is 105 cm³/mol. The monoisotopic (exact) mass is 450 g/mol. The third-order valence-corrected chi connectivity index (χ3v) is 4.61. The second-order valence-electron chi connectivity index (χ2n) is 6.85. The normalized spacial score (nSPS) is 15.4. The summed E-state index contributed by atoms with van der Waals surface area (Å²) in [5.74, 6) is -1.09. The lowest BCUT2D eigenvalue weighted by Crippen LogP contribution is -2.35. The first-order valence-electron chi connectivity index (χ1n) is 9.46. The number of urea groups is 1. The molecule has 12 heteroatoms. The Bertz CT molecular complexity index is 1180. The Morgan fingerprint density at radius 2 is 2.00 bits per heavy atom. The summed E-state index contributed by atoms with van der Waals surface area (Å²) in [6, 6.07) is 7.86. The molecule has 2 amide bonds. The first-order valence-corrected chi connectivity index (χ1v) is 9.46. The number of para-hydroxylation sites is 1. The van der Waals surface area contributed by atoms with Gasteiger partial charge in [-0.05, 0) is 18.2 Å². The van der Waals surface area contributed by atoms with Crippen molar-refractivity contribution in [3.05, 3.63) is 48.2 Å². The largest absolute Gasteiger partial charge is 0.573 e. The average molecular weight is 450 g/mol. The van der Waals surface area contributed by atoms with E-state index in [0.717, 1.165) is 10.9 Å². The molecule has 0 radical (unpaired) electrons. The second kappa shape index (κ2) is 8.29. The number of benzene rings is 2. The zero-order valence-corrected chi connectivity index (χ0v) is 16.6. The van der Waals surface area contributed by atoms with Crippen molar-refractivity contribution in [1.82, 2.24) is 15.3 Å². The Labute approximate surface area is 179 Å². The number of halogens is 3. The van der Waals surface area contributed by atoms with Crippen LogP contribution in [0.15, 0.2) is 42.6 Å². The van der Waals surface area contributed by atoms with Crippen molar-refractivity contribution in [2.45, 2.75) is 25.7 Å². The standard InChI is InChI=1S/C20H17F3N4O5/c1-11(28)32-27-16-6-3-5-14(13(16)10-24-27)25-19(29)26-15-8-9-30-18-12(15)4-2-7-17(18)31-20(21,22)23/h2-7,10,15H,8-9H2,1H3,(H2,25,26,29). The van der Waals surface area contributed by atoms with E-state index in [9.17, 15) is 22.8 Å². The number of nitrogens with one attached hydrogen (secondary N) is 2. The molecular formula is C20H17F3N4O5. The van der Waals surface area contributed by atoms with Crippen LogP contribution in [0.2, 0.25) is 0 Å². The van der Waals surface area contributed by atoms with E-state index in [-0.39, 0.29) is 12.4 Å². The molecule has 1 aliphatic rings. The maximum absolute atomic E-state index is 12.7. The molecule has 0 spiro atoms. The van der Waals surface area contributed by atoms with Crippen LogP contribution in [0.1, 0.15) is 24.9 Å². The molecular weight excluding hydrogens is 433 g/mol. The summed E-state index contributed by atoms with van der Waals surface area (Å²) in [5, 5.41) is 9.92. The van der Waals surface area contributed by atoms with E-state index in [1.807, 2.05) is 0 Å². The number of fused-ring (bicyclic) bond motifs is 2. The summed E-state index contributed by atoms with van der Waals surface area (Å²) < 4.78 is 47.4. The smallest absolute Gasteiger partial charge is 0.489 e. The molecule has 2 N–H and O–H groups in total. The van der Waals surface area contributed by atoms with E-state index in [4.69, 9.17) is 9.57 Å². The summed E-state index contributed by atoms with van der Waals surface area (Å²) in [6.07, 6.45) is -3.09. The predicted octanol–water partition coefficient (Wildman–Crippen LogP) is 3.56. The molecule has 1 unspecified atom stereocenters. The molecule has 4 rings (SSSR count). The van der Waals surface area contributed by atoms with Crippen molar-refractivity contribution in [3.63, 3.8) is 0 Å². The van der Waals surface area contributed by atoms with Crippen molar-refractivity contribution >= 4 is 28.6 Å². The van der Waals surface area contributed by atoms with Gasteiger partial charge in [0.05, 0.1) is 24.5 Å². The molecule has 0 bridgehead atoms. The lowest BCUT2D eigenvalue weighted by atomic mass is 10.00. The molecule has 2 aromatic carbocycles. The molecule has 32 heavy (non-hydrogen) atoms. The van der Waals surface area contributed by atoms with Crippen LogP contribution in [-0.4, -0.2) is 34.9 Å². The first-order chi connectivity index (χ1) is 15.2. The Kier molecular flexibility index (Phi) is 5.51. The fraction of sp³-hybridized carbons (Fsp3) is 0.250. The van der Waals surface area contributed by atoms with Gasteiger partial charge in [0.2, 0.25) is 0 Å². The van der Waals surface area contributed by atoms with Crippen molar-refractivity contribution in [3.8, 4) is 11.5 Å². The van der Waals surface area contributed by atoms with Gasteiger partial charge in [-0.2, -0.15) is 0 Å². The van der Waals surface area contributed by atoms with Gasteiger partial charge in [-0.3, -0.25) is 0 Å². The summed E-state index contributed by atoms with van der Waals surface area (Å²) in [4.78, 5) is 29.8. The number of anilines is 1. The second-order valence-corrected chi connectivity index (χ2v) is 6.85. The van der Waals surface area contributed by atoms with E-state index in [1.54, 1.807) is 24.3 Å². The number of aromatic nitrogens is 2. The minimum absolute atomic E-state index is 0.0638. The van der Waals surface area contributed by atoms with Gasteiger partial charge >= 0.3 is 18.4 Å². The van der Waals surface area contributed by atoms with Crippen LogP contribution < -0.4 is 24.9 Å². The van der Waals surface area contributed by atoms with Crippen LogP contribution in [0.3, 0.4) is 0 Å². The molecule has 3 aromatic rings. The molecule has 0 aliphatic carbocycles. The number of amides is 2. The third kappa shape index (κ3) is 4.53. The fourth-order valence-electron chi connectivity index (χ4n) is 3.40. The maximum Gasteiger partial charge on any atom is 0.573 e. The number of carbonyl (C=O) groups is 2. The van der Waals surface area contributed by atoms with Crippen LogP contribution in [0, 0.1) is 0 Å². The lowest BCUT2D eigenvalue weighted by Gasteiger charge is -2.28. The van der Waals surface area contributed by atoms with Crippen LogP contribution in [0.5, 0.6) is 11.5 Å². The van der Waals surface area contributed by atoms with E-state index < -0.39 is 30.2 Å². The molecule has 1 aliphatic heterocycles. The van der Waals surface area contributed by atoms with Gasteiger partial charge in [-0.15, -0.1) is 18.3 Å². The van der Waals surface area contributed by atoms with Crippen LogP contribution in [0.25, 0.3) is 10.9 Å². The SMILES string of the molecule is CC(=O)On1ncc2c(NC(=O)NC3CCOc4c(OC(F)(F)F)cccc43)cccc21. The maximum atomic E-state index is 12.7. The van der Waals surface area contributed by atoms with Crippen molar-refractivity contribution in [1.29, 1.82) is 0 Å². The number of nitrogens with zero attached hydrogens (tertiary/aromatic N) is 2. The van der Waals surface area contributed by atoms with Gasteiger partial charge in [0.1, 0.15) is 5.52 Å². The number of hydrogen-bond acceptors (Lipinski definition) is 6. The van der Waals surface area contributed by atoms with Gasteiger partial charge in [0.15, 0.2) is 11.5 Å². The van der Waals surface area contributed by atoms with E-state index >= 15 is 0 Å². The van der Waals surface area contributed by atoms with Crippen LogP contribution in [-0.2, 0) is 4.79 Å². The van der Waals surface area contributed by atoms with E-state index in [2.05, 4.69) is 20.5 Å². The summed E-state index contributed by atoms with van der Waals surface area (Å²) in [6.45, 7) is 1.33. The highest BCUT2D eigenvalue weighted by Gasteiger charge is 2.34. The first kappa shape index (κ1) is 21.3. The molecule has 1 aromatic heterocycles. The number of rotatable bonds is 4. The van der Waals surface area contributed by atoms with Gasteiger partial charge in [0, 0.05) is 24.3 Å². The van der Waals surface area contributed by atoms with E-state index in [0.29, 0.717) is 28.6 Å². The highest BCUT2D eigenvalue weighted by atomic mass is 19.4. The summed E-state index contributed by atoms with van der Waals surface area (Å²) in [5.41, 5.74) is 1.23. The highest BCUT2D eigenvalue weighted by molar-refractivity contribution is 6.00. The Morgan fingerprint density at radius 1 is 1.22 bits per heavy atom. The topological polar surface area (TPSA) is 104 Å². The lowest BCUT2D eigenvalue weighted by molar-refractivity contribution is -0.275. The van der Waals surface area contributed by atoms with Gasteiger partial charge in [-0.1, -0.05) is 23.0 Å². The molecule has 0 saturated heterocycles. The molecule has 9 nitrogen and oxygen atoms in total. The Balaban J connectivity index is 1.52. The quantitative estimate of drug-likeness (QED) is 0.630. The Morgan fingerprint density at radius 3 is 2.75 bits per heavy atom. The minimum atomic E-state index is -4.87. The van der Waals surface area contributed by atoms with Gasteiger partial charge in [0.25, 0.3) is 0 Å². The molecule has 0 saturated carbocycles. The number of carbonyl (C=O) groups excluding carboxylic acids is 2. The minimum Gasteiger partial charge on any atom is -0.489 e. The average Bonchev–Trinajstić information content (AvgIpc) is 3.11. The van der Waals surface area contributed by atoms with Gasteiger partial charge in [-0.25, -0.2) is 9.59 Å². The zero-order chi connectivity index (χ0) is 22.9. The molecule has 0 fully saturated rings. The van der Waals surface area contributed by atoms with Crippen molar-refractivity contribution < 1.29 is 37.1 Å². The summed E-state index contributed by atoms with van der Waals surface area (Å²) in [7, 11) is 0. The van der Waals surface area contributed by atoms with Crippen molar-refractivity contribution in [2.75, 3.05) is 11.9 Å². The van der Waals surface area contributed by atoms with E-state index in [1.165, 1.54) is 19.2 Å². The Hall–Kier alpha value is -3.96. The highest BCUT2D eigenvalue weighted by Crippen LogP contribution is 2.41. The third-order valence-electron chi connectivity index (χ3n) is 4.61. The number of alkyl halides is 3. The molecule has 2 heterocycles. The fourth-order valence-corrected chi connectivity index (χ4v) is 3.40. The van der Waals surface area contributed by atoms with Crippen molar-refractivity contribution in [2.24, 2.45) is 0 Å². The van der Waals surface area contributed by atoms with Gasteiger partial charge < -0.3 is 24.9 Å². The molecule has 168 valence electrons. The molecule has 1 atom stereocenters. The zero-order valence-electron chi connectivity index (χ0n) is 16.6. The number of hydrogen-bond donors (Lipinski definition) is 2. The number of ether oxygens (including phenoxy) is 2. The van der Waals surface area contributed by atoms with Crippen LogP contribution >= 0.6 is 0 Å².